The number of amides is 1. The van der Waals surface area contributed by atoms with Gasteiger partial charge in [0.2, 0.25) is 5.91 Å². The number of piperazine rings is 1. The summed E-state index contributed by atoms with van der Waals surface area (Å²) in [6, 6.07) is 14.7. The van der Waals surface area contributed by atoms with Crippen molar-refractivity contribution in [2.24, 2.45) is 0 Å². The van der Waals surface area contributed by atoms with E-state index in [2.05, 4.69) is 17.4 Å². The molecule has 3 nitrogen and oxygen atoms in total. The SMILES string of the molecule is O=C(C1SCCc2ccccc21)N1CCNCC1c1cccc(F)c1. The van der Waals surface area contributed by atoms with Crippen LogP contribution >= 0.6 is 11.8 Å². The molecule has 2 heterocycles. The molecule has 0 saturated carbocycles. The molecule has 5 heteroatoms. The minimum absolute atomic E-state index is 0.119. The Morgan fingerprint density at radius 1 is 1.20 bits per heavy atom. The minimum Gasteiger partial charge on any atom is -0.332 e. The quantitative estimate of drug-likeness (QED) is 0.896. The molecule has 2 unspecified atom stereocenters. The van der Waals surface area contributed by atoms with Gasteiger partial charge in [0.05, 0.1) is 6.04 Å². The van der Waals surface area contributed by atoms with Gasteiger partial charge < -0.3 is 10.2 Å². The van der Waals surface area contributed by atoms with Crippen LogP contribution in [0.15, 0.2) is 48.5 Å². The van der Waals surface area contributed by atoms with E-state index in [1.165, 1.54) is 11.6 Å². The molecule has 0 spiro atoms. The van der Waals surface area contributed by atoms with Crippen molar-refractivity contribution < 1.29 is 9.18 Å². The Labute approximate surface area is 151 Å². The highest BCUT2D eigenvalue weighted by atomic mass is 32.2. The van der Waals surface area contributed by atoms with Gasteiger partial charge in [-0.3, -0.25) is 4.79 Å². The van der Waals surface area contributed by atoms with E-state index in [1.807, 2.05) is 23.1 Å². The molecule has 2 aliphatic heterocycles. The Morgan fingerprint density at radius 3 is 2.96 bits per heavy atom. The number of nitrogens with zero attached hydrogens (tertiary/aromatic N) is 1. The summed E-state index contributed by atoms with van der Waals surface area (Å²) in [7, 11) is 0. The van der Waals surface area contributed by atoms with E-state index in [0.29, 0.717) is 13.1 Å². The highest BCUT2D eigenvalue weighted by Crippen LogP contribution is 2.39. The summed E-state index contributed by atoms with van der Waals surface area (Å²) >= 11 is 1.72. The molecule has 2 aliphatic rings. The van der Waals surface area contributed by atoms with Gasteiger partial charge in [0.15, 0.2) is 0 Å². The Kier molecular flexibility index (Phi) is 4.77. The molecule has 1 saturated heterocycles. The number of fused-ring (bicyclic) bond motifs is 1. The number of carbonyl (C=O) groups excluding carboxylic acids is 1. The number of aryl methyl sites for hydroxylation is 1. The summed E-state index contributed by atoms with van der Waals surface area (Å²) in [6.07, 6.45) is 1.01. The third kappa shape index (κ3) is 3.31. The van der Waals surface area contributed by atoms with Gasteiger partial charge in [-0.05, 0) is 41.0 Å². The molecule has 25 heavy (non-hydrogen) atoms. The maximum Gasteiger partial charge on any atom is 0.240 e. The first-order valence-corrected chi connectivity index (χ1v) is 9.75. The number of thioether (sulfide) groups is 1. The van der Waals surface area contributed by atoms with Crippen molar-refractivity contribution in [3.05, 3.63) is 71.0 Å². The maximum absolute atomic E-state index is 13.7. The second kappa shape index (κ2) is 7.18. The fourth-order valence-electron chi connectivity index (χ4n) is 3.73. The van der Waals surface area contributed by atoms with Crippen LogP contribution in [-0.4, -0.2) is 36.2 Å². The van der Waals surface area contributed by atoms with Crippen molar-refractivity contribution >= 4 is 17.7 Å². The molecule has 1 amide bonds. The average molecular weight is 356 g/mol. The van der Waals surface area contributed by atoms with Crippen molar-refractivity contribution in [2.45, 2.75) is 17.7 Å². The Morgan fingerprint density at radius 2 is 2.08 bits per heavy atom. The van der Waals surface area contributed by atoms with Gasteiger partial charge in [-0.25, -0.2) is 4.39 Å². The molecule has 2 aromatic carbocycles. The van der Waals surface area contributed by atoms with Gasteiger partial charge in [-0.2, -0.15) is 0 Å². The van der Waals surface area contributed by atoms with E-state index in [0.717, 1.165) is 29.8 Å². The summed E-state index contributed by atoms with van der Waals surface area (Å²) in [5.74, 6) is 0.852. The molecule has 0 aliphatic carbocycles. The monoisotopic (exact) mass is 356 g/mol. The van der Waals surface area contributed by atoms with Crippen molar-refractivity contribution in [1.82, 2.24) is 10.2 Å². The lowest BCUT2D eigenvalue weighted by molar-refractivity contribution is -0.134. The zero-order valence-electron chi connectivity index (χ0n) is 14.0. The summed E-state index contributed by atoms with van der Waals surface area (Å²) in [4.78, 5) is 15.3. The minimum atomic E-state index is -0.257. The highest BCUT2D eigenvalue weighted by Gasteiger charge is 2.35. The van der Waals surface area contributed by atoms with Crippen molar-refractivity contribution in [3.8, 4) is 0 Å². The van der Waals surface area contributed by atoms with E-state index in [9.17, 15) is 9.18 Å². The number of nitrogens with one attached hydrogen (secondary N) is 1. The van der Waals surface area contributed by atoms with E-state index < -0.39 is 0 Å². The largest absolute Gasteiger partial charge is 0.332 e. The van der Waals surface area contributed by atoms with Crippen molar-refractivity contribution in [2.75, 3.05) is 25.4 Å². The smallest absolute Gasteiger partial charge is 0.240 e. The maximum atomic E-state index is 13.7. The van der Waals surface area contributed by atoms with Gasteiger partial charge in [-0.1, -0.05) is 36.4 Å². The normalized spacial score (nSPS) is 23.2. The van der Waals surface area contributed by atoms with Crippen LogP contribution in [0.3, 0.4) is 0 Å². The van der Waals surface area contributed by atoms with Crippen LogP contribution < -0.4 is 5.32 Å². The molecule has 2 atom stereocenters. The molecule has 2 aromatic rings. The molecule has 1 fully saturated rings. The number of rotatable bonds is 2. The first-order valence-electron chi connectivity index (χ1n) is 8.70. The topological polar surface area (TPSA) is 32.3 Å². The Balaban J connectivity index is 1.64. The molecule has 4 rings (SSSR count). The lowest BCUT2D eigenvalue weighted by atomic mass is 9.98. The predicted molar refractivity (Wildman–Crippen MR) is 99.1 cm³/mol. The third-order valence-electron chi connectivity index (χ3n) is 4.98. The summed E-state index contributed by atoms with van der Waals surface area (Å²) in [5, 5.41) is 3.18. The van der Waals surface area contributed by atoms with Crippen LogP contribution in [0, 0.1) is 5.82 Å². The molecule has 0 aromatic heterocycles. The van der Waals surface area contributed by atoms with Gasteiger partial charge >= 0.3 is 0 Å². The molecular weight excluding hydrogens is 335 g/mol. The second-order valence-corrected chi connectivity index (χ2v) is 7.72. The van der Waals surface area contributed by atoms with Gasteiger partial charge in [0.1, 0.15) is 11.1 Å². The van der Waals surface area contributed by atoms with E-state index in [1.54, 1.807) is 23.9 Å². The average Bonchev–Trinajstić information content (AvgIpc) is 2.67. The molecule has 0 bridgehead atoms. The van der Waals surface area contributed by atoms with Gasteiger partial charge in [-0.15, -0.1) is 11.8 Å². The van der Waals surface area contributed by atoms with Crippen molar-refractivity contribution in [1.29, 1.82) is 0 Å². The van der Waals surface area contributed by atoms with Crippen molar-refractivity contribution in [3.63, 3.8) is 0 Å². The van der Waals surface area contributed by atoms with Crippen LogP contribution in [0.1, 0.15) is 28.0 Å². The van der Waals surface area contributed by atoms with Crippen LogP contribution in [0.2, 0.25) is 0 Å². The third-order valence-corrected chi connectivity index (χ3v) is 6.21. The number of benzene rings is 2. The highest BCUT2D eigenvalue weighted by molar-refractivity contribution is 8.00. The summed E-state index contributed by atoms with van der Waals surface area (Å²) in [6.45, 7) is 2.09. The first kappa shape index (κ1) is 16.6. The second-order valence-electron chi connectivity index (χ2n) is 6.51. The molecule has 130 valence electrons. The number of carbonyl (C=O) groups is 1. The molecular formula is C20H21FN2OS. The number of halogens is 1. The number of hydrogen-bond donors (Lipinski definition) is 1. The first-order chi connectivity index (χ1) is 12.2. The fourth-order valence-corrected chi connectivity index (χ4v) is 4.99. The van der Waals surface area contributed by atoms with Gasteiger partial charge in [0.25, 0.3) is 0 Å². The van der Waals surface area contributed by atoms with Crippen LogP contribution in [-0.2, 0) is 11.2 Å². The molecule has 0 radical (unpaired) electrons. The van der Waals surface area contributed by atoms with Gasteiger partial charge in [0, 0.05) is 19.6 Å². The lowest BCUT2D eigenvalue weighted by Crippen LogP contribution is -2.50. The van der Waals surface area contributed by atoms with Crippen LogP contribution in [0.25, 0.3) is 0 Å². The van der Waals surface area contributed by atoms with Crippen LogP contribution in [0.5, 0.6) is 0 Å². The fraction of sp³-hybridized carbons (Fsp3) is 0.350. The zero-order valence-corrected chi connectivity index (χ0v) is 14.8. The molecule has 1 N–H and O–H groups in total. The van der Waals surface area contributed by atoms with E-state index >= 15 is 0 Å². The van der Waals surface area contributed by atoms with E-state index in [4.69, 9.17) is 0 Å². The Hall–Kier alpha value is -1.85. The Bertz CT molecular complexity index is 782. The lowest BCUT2D eigenvalue weighted by Gasteiger charge is -2.39. The summed E-state index contributed by atoms with van der Waals surface area (Å²) < 4.78 is 13.7. The zero-order chi connectivity index (χ0) is 17.2. The standard InChI is InChI=1S/C20H21FN2OS/c21-16-6-3-5-15(12-16)18-13-22-9-10-23(18)20(24)19-17-7-2-1-4-14(17)8-11-25-19/h1-7,12,18-19,22H,8-11,13H2. The predicted octanol–water partition coefficient (Wildman–Crippen LogP) is 3.33. The van der Waals surface area contributed by atoms with Crippen LogP contribution in [0.4, 0.5) is 4.39 Å². The number of hydrogen-bond acceptors (Lipinski definition) is 3. The van der Waals surface area contributed by atoms with E-state index in [-0.39, 0.29) is 23.0 Å². The summed E-state index contributed by atoms with van der Waals surface area (Å²) in [5.41, 5.74) is 3.27.